The summed E-state index contributed by atoms with van der Waals surface area (Å²) in [6, 6.07) is -0.597. The molecule has 0 aliphatic heterocycles. The predicted molar refractivity (Wildman–Crippen MR) is 115 cm³/mol. The summed E-state index contributed by atoms with van der Waals surface area (Å²) in [5.74, 6) is -0.451. The van der Waals surface area contributed by atoms with Gasteiger partial charge in [-0.3, -0.25) is 19.5 Å². The molecule has 0 radical (unpaired) electrons. The van der Waals surface area contributed by atoms with Crippen LogP contribution in [0.25, 0.3) is 10.2 Å². The van der Waals surface area contributed by atoms with Crippen molar-refractivity contribution >= 4 is 45.3 Å². The SMILES string of the molecule is COCCn1c(SCC(=O)NC(=O)NC(C)C)nc2sc3c(c2c1=O)CCCC3. The van der Waals surface area contributed by atoms with Gasteiger partial charge in [0.2, 0.25) is 5.91 Å². The highest BCUT2D eigenvalue weighted by atomic mass is 32.2. The zero-order valence-corrected chi connectivity index (χ0v) is 18.5. The number of nitrogens with one attached hydrogen (secondary N) is 2. The van der Waals surface area contributed by atoms with E-state index in [1.807, 2.05) is 13.8 Å². The lowest BCUT2D eigenvalue weighted by Gasteiger charge is -2.13. The number of methoxy groups -OCH3 is 1. The number of carbonyl (C=O) groups is 2. The van der Waals surface area contributed by atoms with Crippen LogP contribution in [0.5, 0.6) is 0 Å². The number of hydrogen-bond donors (Lipinski definition) is 2. The third-order valence-corrected chi connectivity index (χ3v) is 6.73. The number of urea groups is 1. The summed E-state index contributed by atoms with van der Waals surface area (Å²) in [6.45, 7) is 4.36. The topological polar surface area (TPSA) is 102 Å². The first-order valence-electron chi connectivity index (χ1n) is 9.68. The van der Waals surface area contributed by atoms with E-state index < -0.39 is 11.9 Å². The Labute approximate surface area is 177 Å². The quantitative estimate of drug-likeness (QED) is 0.508. The van der Waals surface area contributed by atoms with E-state index in [2.05, 4.69) is 10.6 Å². The monoisotopic (exact) mass is 438 g/mol. The largest absolute Gasteiger partial charge is 0.383 e. The maximum atomic E-state index is 13.2. The molecule has 0 aromatic carbocycles. The zero-order chi connectivity index (χ0) is 21.0. The van der Waals surface area contributed by atoms with Gasteiger partial charge in [-0.15, -0.1) is 11.3 Å². The number of amides is 3. The van der Waals surface area contributed by atoms with Gasteiger partial charge in [-0.05, 0) is 45.1 Å². The van der Waals surface area contributed by atoms with Gasteiger partial charge in [-0.1, -0.05) is 11.8 Å². The van der Waals surface area contributed by atoms with E-state index in [0.29, 0.717) is 23.7 Å². The molecule has 2 aromatic rings. The van der Waals surface area contributed by atoms with Crippen LogP contribution >= 0.6 is 23.1 Å². The molecule has 0 atom stereocenters. The Morgan fingerprint density at radius 2 is 2.07 bits per heavy atom. The lowest BCUT2D eigenvalue weighted by Crippen LogP contribution is -2.43. The van der Waals surface area contributed by atoms with Gasteiger partial charge in [0.05, 0.1) is 24.3 Å². The minimum Gasteiger partial charge on any atom is -0.383 e. The third-order valence-electron chi connectivity index (χ3n) is 4.56. The summed E-state index contributed by atoms with van der Waals surface area (Å²) >= 11 is 2.73. The van der Waals surface area contributed by atoms with Crippen molar-refractivity contribution in [1.82, 2.24) is 20.2 Å². The molecule has 2 aromatic heterocycles. The van der Waals surface area contributed by atoms with Crippen LogP contribution in [0.15, 0.2) is 9.95 Å². The minimum atomic E-state index is -0.531. The molecule has 3 amide bonds. The molecule has 158 valence electrons. The lowest BCUT2D eigenvalue weighted by molar-refractivity contribution is -0.117. The van der Waals surface area contributed by atoms with Crippen LogP contribution in [0.3, 0.4) is 0 Å². The van der Waals surface area contributed by atoms with Crippen molar-refractivity contribution in [3.05, 3.63) is 20.8 Å². The van der Waals surface area contributed by atoms with Crippen molar-refractivity contribution in [2.75, 3.05) is 19.5 Å². The zero-order valence-electron chi connectivity index (χ0n) is 16.9. The van der Waals surface area contributed by atoms with Gasteiger partial charge >= 0.3 is 6.03 Å². The van der Waals surface area contributed by atoms with Crippen molar-refractivity contribution in [3.63, 3.8) is 0 Å². The molecule has 1 aliphatic carbocycles. The molecule has 3 rings (SSSR count). The number of nitrogens with zero attached hydrogens (tertiary/aromatic N) is 2. The summed E-state index contributed by atoms with van der Waals surface area (Å²) in [5.41, 5.74) is 1.06. The van der Waals surface area contributed by atoms with Crippen LogP contribution in [0.4, 0.5) is 4.79 Å². The van der Waals surface area contributed by atoms with E-state index in [-0.39, 0.29) is 17.4 Å². The molecule has 29 heavy (non-hydrogen) atoms. The van der Waals surface area contributed by atoms with Crippen molar-refractivity contribution in [2.45, 2.75) is 57.3 Å². The number of thioether (sulfide) groups is 1. The van der Waals surface area contributed by atoms with Gasteiger partial charge in [-0.2, -0.15) is 0 Å². The van der Waals surface area contributed by atoms with Crippen LogP contribution in [0, 0.1) is 0 Å². The Balaban J connectivity index is 1.85. The second-order valence-electron chi connectivity index (χ2n) is 7.20. The maximum absolute atomic E-state index is 13.2. The van der Waals surface area contributed by atoms with Gasteiger partial charge in [0.15, 0.2) is 5.16 Å². The molecule has 0 saturated heterocycles. The Morgan fingerprint density at radius 1 is 1.31 bits per heavy atom. The number of ether oxygens (including phenoxy) is 1. The van der Waals surface area contributed by atoms with Crippen LogP contribution in [-0.2, 0) is 28.9 Å². The fraction of sp³-hybridized carbons (Fsp3) is 0.579. The van der Waals surface area contributed by atoms with E-state index in [1.54, 1.807) is 23.0 Å². The highest BCUT2D eigenvalue weighted by molar-refractivity contribution is 7.99. The number of rotatable bonds is 7. The molecule has 0 saturated carbocycles. The van der Waals surface area contributed by atoms with E-state index >= 15 is 0 Å². The van der Waals surface area contributed by atoms with Crippen LogP contribution in [0.1, 0.15) is 37.1 Å². The van der Waals surface area contributed by atoms with Crippen LogP contribution in [-0.4, -0.2) is 47.0 Å². The number of carbonyl (C=O) groups excluding carboxylic acids is 2. The molecular formula is C19H26N4O4S2. The van der Waals surface area contributed by atoms with E-state index in [0.717, 1.165) is 47.8 Å². The first kappa shape index (κ1) is 21.8. The van der Waals surface area contributed by atoms with Crippen molar-refractivity contribution in [3.8, 4) is 0 Å². The number of thiophene rings is 1. The van der Waals surface area contributed by atoms with E-state index in [9.17, 15) is 14.4 Å². The van der Waals surface area contributed by atoms with E-state index in [1.165, 1.54) is 4.88 Å². The highest BCUT2D eigenvalue weighted by Gasteiger charge is 2.22. The highest BCUT2D eigenvalue weighted by Crippen LogP contribution is 2.34. The molecule has 0 unspecified atom stereocenters. The number of hydrogen-bond acceptors (Lipinski definition) is 7. The first-order valence-corrected chi connectivity index (χ1v) is 11.5. The van der Waals surface area contributed by atoms with Crippen LogP contribution in [0.2, 0.25) is 0 Å². The van der Waals surface area contributed by atoms with E-state index in [4.69, 9.17) is 9.72 Å². The van der Waals surface area contributed by atoms with Gasteiger partial charge in [0, 0.05) is 18.0 Å². The Hall–Kier alpha value is -1.91. The predicted octanol–water partition coefficient (Wildman–Crippen LogP) is 2.31. The summed E-state index contributed by atoms with van der Waals surface area (Å²) < 4.78 is 6.73. The third kappa shape index (κ3) is 5.18. The number of aryl methyl sites for hydroxylation is 2. The molecule has 1 aliphatic rings. The van der Waals surface area contributed by atoms with Gasteiger partial charge in [0.1, 0.15) is 4.83 Å². The normalized spacial score (nSPS) is 13.5. The average molecular weight is 439 g/mol. The molecule has 10 heteroatoms. The molecule has 2 heterocycles. The standard InChI is InChI=1S/C19H26N4O4S2/c1-11(2)20-18(26)21-14(24)10-28-19-22-16-15(17(25)23(19)8-9-27-3)12-6-4-5-7-13(12)29-16/h11H,4-10H2,1-3H3,(H2,20,21,24,26). The first-order chi connectivity index (χ1) is 13.9. The average Bonchev–Trinajstić information content (AvgIpc) is 3.03. The van der Waals surface area contributed by atoms with Gasteiger partial charge in [0.25, 0.3) is 5.56 Å². The second-order valence-corrected chi connectivity index (χ2v) is 9.23. The fourth-order valence-corrected chi connectivity index (χ4v) is 5.43. The number of fused-ring (bicyclic) bond motifs is 3. The Morgan fingerprint density at radius 3 is 2.79 bits per heavy atom. The summed E-state index contributed by atoms with van der Waals surface area (Å²) in [5, 5.41) is 6.08. The molecular weight excluding hydrogens is 412 g/mol. The summed E-state index contributed by atoms with van der Waals surface area (Å²) in [4.78, 5) is 43.7. The van der Waals surface area contributed by atoms with Crippen LogP contribution < -0.4 is 16.2 Å². The maximum Gasteiger partial charge on any atom is 0.321 e. The number of aromatic nitrogens is 2. The van der Waals surface area contributed by atoms with Crippen molar-refractivity contribution in [2.24, 2.45) is 0 Å². The van der Waals surface area contributed by atoms with Gasteiger partial charge in [-0.25, -0.2) is 9.78 Å². The molecule has 8 nitrogen and oxygen atoms in total. The van der Waals surface area contributed by atoms with Crippen molar-refractivity contribution < 1.29 is 14.3 Å². The fourth-order valence-electron chi connectivity index (χ4n) is 3.30. The molecule has 2 N–H and O–H groups in total. The number of imide groups is 1. The lowest BCUT2D eigenvalue weighted by atomic mass is 9.97. The smallest absolute Gasteiger partial charge is 0.321 e. The second kappa shape index (κ2) is 9.73. The van der Waals surface area contributed by atoms with Crippen molar-refractivity contribution in [1.29, 1.82) is 0 Å². The van der Waals surface area contributed by atoms with Gasteiger partial charge < -0.3 is 10.1 Å². The molecule has 0 bridgehead atoms. The Kier molecular flexibility index (Phi) is 7.31. The Bertz CT molecular complexity index is 967. The molecule has 0 fully saturated rings. The summed E-state index contributed by atoms with van der Waals surface area (Å²) in [6.07, 6.45) is 4.13. The minimum absolute atomic E-state index is 0.0124. The summed E-state index contributed by atoms with van der Waals surface area (Å²) in [7, 11) is 1.58. The molecule has 0 spiro atoms.